The van der Waals surface area contributed by atoms with Crippen LogP contribution in [0, 0.1) is 6.92 Å². The summed E-state index contributed by atoms with van der Waals surface area (Å²) in [4.78, 5) is 15.9. The highest BCUT2D eigenvalue weighted by Crippen LogP contribution is 2.16. The molecule has 1 amide bonds. The van der Waals surface area contributed by atoms with Crippen LogP contribution in [0.1, 0.15) is 12.5 Å². The lowest BCUT2D eigenvalue weighted by Gasteiger charge is -2.07. The van der Waals surface area contributed by atoms with Gasteiger partial charge in [0.25, 0.3) is 5.91 Å². The fourth-order valence-electron chi connectivity index (χ4n) is 1.53. The first-order chi connectivity index (χ1) is 9.69. The van der Waals surface area contributed by atoms with E-state index in [4.69, 9.17) is 4.74 Å². The van der Waals surface area contributed by atoms with Gasteiger partial charge in [0.2, 0.25) is 11.1 Å². The molecule has 2 aromatic rings. The number of aromatic amines is 1. The van der Waals surface area contributed by atoms with Crippen molar-refractivity contribution in [3.63, 3.8) is 0 Å². The van der Waals surface area contributed by atoms with E-state index < -0.39 is 0 Å². The Labute approximate surface area is 121 Å². The molecule has 0 radical (unpaired) electrons. The molecule has 0 saturated carbocycles. The third kappa shape index (κ3) is 3.99. The van der Waals surface area contributed by atoms with Gasteiger partial charge in [-0.25, -0.2) is 5.10 Å². The van der Waals surface area contributed by atoms with Crippen molar-refractivity contribution in [1.29, 1.82) is 0 Å². The van der Waals surface area contributed by atoms with Crippen LogP contribution in [0.15, 0.2) is 29.4 Å². The first kappa shape index (κ1) is 14.4. The molecule has 106 valence electrons. The van der Waals surface area contributed by atoms with Gasteiger partial charge in [0, 0.05) is 0 Å². The van der Waals surface area contributed by atoms with E-state index in [-0.39, 0.29) is 12.5 Å². The molecule has 0 aliphatic carbocycles. The van der Waals surface area contributed by atoms with E-state index in [9.17, 15) is 4.79 Å². The number of para-hydroxylation sites is 1. The SMILES string of the molecule is CCSc1n[nH]c(NC(=O)COc2ccccc2C)n1. The first-order valence-corrected chi connectivity index (χ1v) is 7.21. The Morgan fingerprint density at radius 2 is 2.25 bits per heavy atom. The number of nitrogens with one attached hydrogen (secondary N) is 2. The second kappa shape index (κ2) is 6.95. The number of aryl methyl sites for hydroxylation is 1. The number of ether oxygens (including phenoxy) is 1. The number of hydrogen-bond acceptors (Lipinski definition) is 5. The molecule has 0 saturated heterocycles. The molecule has 0 fully saturated rings. The van der Waals surface area contributed by atoms with E-state index in [2.05, 4.69) is 20.5 Å². The minimum Gasteiger partial charge on any atom is -0.483 e. The summed E-state index contributed by atoms with van der Waals surface area (Å²) in [5.74, 6) is 1.63. The van der Waals surface area contributed by atoms with E-state index in [1.54, 1.807) is 0 Å². The number of anilines is 1. The van der Waals surface area contributed by atoms with Crippen LogP contribution in [0.5, 0.6) is 5.75 Å². The van der Waals surface area contributed by atoms with Crippen LogP contribution in [0.25, 0.3) is 0 Å². The van der Waals surface area contributed by atoms with Crippen LogP contribution < -0.4 is 10.1 Å². The van der Waals surface area contributed by atoms with Crippen molar-refractivity contribution < 1.29 is 9.53 Å². The lowest BCUT2D eigenvalue weighted by atomic mass is 10.2. The molecule has 20 heavy (non-hydrogen) atoms. The Hall–Kier alpha value is -2.02. The summed E-state index contributed by atoms with van der Waals surface area (Å²) in [7, 11) is 0. The number of aromatic nitrogens is 3. The van der Waals surface area contributed by atoms with Crippen molar-refractivity contribution in [2.75, 3.05) is 17.7 Å². The molecule has 1 aromatic carbocycles. The quantitative estimate of drug-likeness (QED) is 0.798. The van der Waals surface area contributed by atoms with Crippen molar-refractivity contribution in [2.24, 2.45) is 0 Å². The molecular formula is C13H16N4O2S. The van der Waals surface area contributed by atoms with Gasteiger partial charge in [0.05, 0.1) is 0 Å². The van der Waals surface area contributed by atoms with E-state index in [0.29, 0.717) is 16.9 Å². The molecule has 0 aliphatic rings. The number of benzene rings is 1. The molecule has 2 rings (SSSR count). The van der Waals surface area contributed by atoms with Crippen LogP contribution in [-0.4, -0.2) is 33.4 Å². The number of carbonyl (C=O) groups is 1. The van der Waals surface area contributed by atoms with Gasteiger partial charge in [-0.05, 0) is 24.3 Å². The zero-order valence-corrected chi connectivity index (χ0v) is 12.2. The minimum atomic E-state index is -0.280. The number of rotatable bonds is 6. The zero-order chi connectivity index (χ0) is 14.4. The Morgan fingerprint density at radius 3 is 3.00 bits per heavy atom. The van der Waals surface area contributed by atoms with Crippen LogP contribution in [0.3, 0.4) is 0 Å². The van der Waals surface area contributed by atoms with Crippen LogP contribution in [0.2, 0.25) is 0 Å². The van der Waals surface area contributed by atoms with Gasteiger partial charge < -0.3 is 4.74 Å². The average molecular weight is 292 g/mol. The normalized spacial score (nSPS) is 10.3. The molecular weight excluding hydrogens is 276 g/mol. The molecule has 0 bridgehead atoms. The van der Waals surface area contributed by atoms with Crippen LogP contribution in [0.4, 0.5) is 5.95 Å². The topological polar surface area (TPSA) is 79.9 Å². The Kier molecular flexibility index (Phi) is 5.00. The predicted molar refractivity (Wildman–Crippen MR) is 78.1 cm³/mol. The zero-order valence-electron chi connectivity index (χ0n) is 11.3. The monoisotopic (exact) mass is 292 g/mol. The van der Waals surface area contributed by atoms with Gasteiger partial charge in [-0.3, -0.25) is 10.1 Å². The lowest BCUT2D eigenvalue weighted by molar-refractivity contribution is -0.118. The maximum atomic E-state index is 11.7. The van der Waals surface area contributed by atoms with E-state index in [1.807, 2.05) is 38.1 Å². The van der Waals surface area contributed by atoms with Gasteiger partial charge in [-0.15, -0.1) is 5.10 Å². The van der Waals surface area contributed by atoms with Gasteiger partial charge in [0.1, 0.15) is 5.75 Å². The molecule has 0 spiro atoms. The van der Waals surface area contributed by atoms with Crippen molar-refractivity contribution >= 4 is 23.6 Å². The summed E-state index contributed by atoms with van der Waals surface area (Å²) in [5, 5.41) is 9.84. The summed E-state index contributed by atoms with van der Waals surface area (Å²) >= 11 is 1.50. The predicted octanol–water partition coefficient (Wildman–Crippen LogP) is 2.24. The fourth-order valence-corrected chi connectivity index (χ4v) is 2.05. The highest BCUT2D eigenvalue weighted by molar-refractivity contribution is 7.99. The van der Waals surface area contributed by atoms with Gasteiger partial charge in [-0.2, -0.15) is 4.98 Å². The minimum absolute atomic E-state index is 0.0677. The molecule has 1 heterocycles. The van der Waals surface area contributed by atoms with Crippen molar-refractivity contribution in [3.05, 3.63) is 29.8 Å². The Balaban J connectivity index is 1.84. The molecule has 0 atom stereocenters. The maximum Gasteiger partial charge on any atom is 0.264 e. The highest BCUT2D eigenvalue weighted by atomic mass is 32.2. The standard InChI is InChI=1S/C13H16N4O2S/c1-3-20-13-15-12(16-17-13)14-11(18)8-19-10-7-5-4-6-9(10)2/h4-7H,3,8H2,1-2H3,(H2,14,15,16,17,18). The van der Waals surface area contributed by atoms with Gasteiger partial charge in [-0.1, -0.05) is 36.9 Å². The number of hydrogen-bond donors (Lipinski definition) is 2. The van der Waals surface area contributed by atoms with Crippen molar-refractivity contribution in [3.8, 4) is 5.75 Å². The number of carbonyl (C=O) groups excluding carboxylic acids is 1. The third-order valence-corrected chi connectivity index (χ3v) is 3.18. The fraction of sp³-hybridized carbons (Fsp3) is 0.308. The van der Waals surface area contributed by atoms with Crippen LogP contribution in [-0.2, 0) is 4.79 Å². The number of nitrogens with zero attached hydrogens (tertiary/aromatic N) is 2. The number of amides is 1. The Bertz CT molecular complexity index is 585. The number of H-pyrrole nitrogens is 1. The molecule has 7 heteroatoms. The van der Waals surface area contributed by atoms with Crippen LogP contribution >= 0.6 is 11.8 Å². The smallest absolute Gasteiger partial charge is 0.264 e. The first-order valence-electron chi connectivity index (χ1n) is 6.22. The molecule has 0 aliphatic heterocycles. The second-order valence-corrected chi connectivity index (χ2v) is 5.23. The summed E-state index contributed by atoms with van der Waals surface area (Å²) in [6.07, 6.45) is 0. The van der Waals surface area contributed by atoms with E-state index in [1.165, 1.54) is 11.8 Å². The van der Waals surface area contributed by atoms with Gasteiger partial charge in [0.15, 0.2) is 6.61 Å². The summed E-state index contributed by atoms with van der Waals surface area (Å²) < 4.78 is 5.45. The molecule has 6 nitrogen and oxygen atoms in total. The molecule has 0 unspecified atom stereocenters. The largest absolute Gasteiger partial charge is 0.483 e. The average Bonchev–Trinajstić information content (AvgIpc) is 2.85. The molecule has 1 aromatic heterocycles. The number of thioether (sulfide) groups is 1. The van der Waals surface area contributed by atoms with E-state index in [0.717, 1.165) is 11.3 Å². The van der Waals surface area contributed by atoms with Crippen molar-refractivity contribution in [2.45, 2.75) is 19.0 Å². The summed E-state index contributed by atoms with van der Waals surface area (Å²) in [6.45, 7) is 3.87. The third-order valence-electron chi connectivity index (χ3n) is 2.45. The lowest BCUT2D eigenvalue weighted by Crippen LogP contribution is -2.21. The van der Waals surface area contributed by atoms with Gasteiger partial charge >= 0.3 is 0 Å². The van der Waals surface area contributed by atoms with E-state index >= 15 is 0 Å². The summed E-state index contributed by atoms with van der Waals surface area (Å²) in [6, 6.07) is 7.54. The second-order valence-electron chi connectivity index (χ2n) is 4.00. The summed E-state index contributed by atoms with van der Waals surface area (Å²) in [5.41, 5.74) is 0.988. The molecule has 2 N–H and O–H groups in total. The Morgan fingerprint density at radius 1 is 1.45 bits per heavy atom. The van der Waals surface area contributed by atoms with Crippen molar-refractivity contribution in [1.82, 2.24) is 15.2 Å². The highest BCUT2D eigenvalue weighted by Gasteiger charge is 2.08. The maximum absolute atomic E-state index is 11.7.